The SMILES string of the molecule is CNCc1ccc(C(=O)N2CCCCC2)cc1.Cl. The molecular formula is C14H21ClN2O. The van der Waals surface area contributed by atoms with Gasteiger partial charge in [0.15, 0.2) is 0 Å². The van der Waals surface area contributed by atoms with Crippen LogP contribution in [0.15, 0.2) is 24.3 Å². The highest BCUT2D eigenvalue weighted by Gasteiger charge is 2.17. The van der Waals surface area contributed by atoms with E-state index in [-0.39, 0.29) is 18.3 Å². The molecule has 1 fully saturated rings. The molecule has 0 aromatic heterocycles. The second-order valence-electron chi connectivity index (χ2n) is 4.58. The number of carbonyl (C=O) groups excluding carboxylic acids is 1. The summed E-state index contributed by atoms with van der Waals surface area (Å²) in [6.07, 6.45) is 3.54. The van der Waals surface area contributed by atoms with Crippen LogP contribution < -0.4 is 5.32 Å². The van der Waals surface area contributed by atoms with Gasteiger partial charge in [0.2, 0.25) is 0 Å². The molecule has 3 nitrogen and oxygen atoms in total. The zero-order chi connectivity index (χ0) is 12.1. The van der Waals surface area contributed by atoms with Gasteiger partial charge in [-0.15, -0.1) is 12.4 Å². The van der Waals surface area contributed by atoms with Gasteiger partial charge in [-0.05, 0) is 44.0 Å². The van der Waals surface area contributed by atoms with Gasteiger partial charge < -0.3 is 10.2 Å². The molecule has 1 amide bonds. The van der Waals surface area contributed by atoms with Crippen LogP contribution in [-0.2, 0) is 6.54 Å². The number of amides is 1. The minimum Gasteiger partial charge on any atom is -0.339 e. The predicted molar refractivity (Wildman–Crippen MR) is 76.2 cm³/mol. The van der Waals surface area contributed by atoms with Crippen molar-refractivity contribution in [2.24, 2.45) is 0 Å². The molecule has 100 valence electrons. The average molecular weight is 269 g/mol. The second-order valence-corrected chi connectivity index (χ2v) is 4.58. The molecule has 2 rings (SSSR count). The molecule has 0 aliphatic carbocycles. The molecule has 0 bridgehead atoms. The summed E-state index contributed by atoms with van der Waals surface area (Å²) in [4.78, 5) is 14.1. The number of nitrogens with zero attached hydrogens (tertiary/aromatic N) is 1. The second kappa shape index (κ2) is 7.39. The van der Waals surface area contributed by atoms with Crippen molar-refractivity contribution in [3.05, 3.63) is 35.4 Å². The molecule has 18 heavy (non-hydrogen) atoms. The smallest absolute Gasteiger partial charge is 0.253 e. The zero-order valence-electron chi connectivity index (χ0n) is 10.8. The molecule has 1 aliphatic rings. The van der Waals surface area contributed by atoms with Crippen molar-refractivity contribution >= 4 is 18.3 Å². The van der Waals surface area contributed by atoms with E-state index >= 15 is 0 Å². The largest absolute Gasteiger partial charge is 0.339 e. The Hall–Kier alpha value is -1.06. The number of piperidine rings is 1. The normalized spacial score (nSPS) is 15.1. The van der Waals surface area contributed by atoms with Crippen molar-refractivity contribution in [3.63, 3.8) is 0 Å². The maximum atomic E-state index is 12.2. The molecule has 0 atom stereocenters. The summed E-state index contributed by atoms with van der Waals surface area (Å²) in [7, 11) is 1.92. The first-order valence-electron chi connectivity index (χ1n) is 6.34. The molecular weight excluding hydrogens is 248 g/mol. The Kier molecular flexibility index (Phi) is 6.16. The third-order valence-electron chi connectivity index (χ3n) is 3.23. The molecule has 0 spiro atoms. The maximum absolute atomic E-state index is 12.2. The van der Waals surface area contributed by atoms with E-state index in [1.807, 2.05) is 36.2 Å². The van der Waals surface area contributed by atoms with Crippen LogP contribution in [0.25, 0.3) is 0 Å². The van der Waals surface area contributed by atoms with E-state index < -0.39 is 0 Å². The summed E-state index contributed by atoms with van der Waals surface area (Å²) < 4.78 is 0. The van der Waals surface area contributed by atoms with Gasteiger partial charge in [-0.3, -0.25) is 4.79 Å². The summed E-state index contributed by atoms with van der Waals surface area (Å²) in [6.45, 7) is 2.67. The van der Waals surface area contributed by atoms with Crippen LogP contribution in [0.3, 0.4) is 0 Å². The lowest BCUT2D eigenvalue weighted by atomic mass is 10.1. The van der Waals surface area contributed by atoms with Gasteiger partial charge in [-0.2, -0.15) is 0 Å². The van der Waals surface area contributed by atoms with Crippen LogP contribution in [-0.4, -0.2) is 30.9 Å². The van der Waals surface area contributed by atoms with Gasteiger partial charge in [0, 0.05) is 25.2 Å². The topological polar surface area (TPSA) is 32.3 Å². The monoisotopic (exact) mass is 268 g/mol. The van der Waals surface area contributed by atoms with Crippen molar-refractivity contribution in [2.75, 3.05) is 20.1 Å². The number of carbonyl (C=O) groups is 1. The van der Waals surface area contributed by atoms with E-state index in [1.54, 1.807) is 0 Å². The van der Waals surface area contributed by atoms with Crippen LogP contribution in [0.1, 0.15) is 35.2 Å². The summed E-state index contributed by atoms with van der Waals surface area (Å²) in [5, 5.41) is 3.10. The molecule has 4 heteroatoms. The molecule has 1 N–H and O–H groups in total. The number of likely N-dealkylation sites (tertiary alicyclic amines) is 1. The molecule has 1 aliphatic heterocycles. The standard InChI is InChI=1S/C14H20N2O.ClH/c1-15-11-12-5-7-13(8-6-12)14(17)16-9-3-2-4-10-16;/h5-8,15H,2-4,9-11H2,1H3;1H. The highest BCUT2D eigenvalue weighted by atomic mass is 35.5. The third kappa shape index (κ3) is 3.72. The molecule has 0 radical (unpaired) electrons. The molecule has 0 saturated carbocycles. The van der Waals surface area contributed by atoms with Gasteiger partial charge in [-0.1, -0.05) is 12.1 Å². The summed E-state index contributed by atoms with van der Waals surface area (Å²) >= 11 is 0. The number of benzene rings is 1. The lowest BCUT2D eigenvalue weighted by Gasteiger charge is -2.26. The molecule has 1 aromatic rings. The summed E-state index contributed by atoms with van der Waals surface area (Å²) in [5.41, 5.74) is 2.02. The molecule has 0 unspecified atom stereocenters. The first-order valence-corrected chi connectivity index (χ1v) is 6.34. The Bertz CT molecular complexity index is 372. The maximum Gasteiger partial charge on any atom is 0.253 e. The quantitative estimate of drug-likeness (QED) is 0.913. The van der Waals surface area contributed by atoms with E-state index in [0.717, 1.165) is 38.0 Å². The van der Waals surface area contributed by atoms with Crippen molar-refractivity contribution < 1.29 is 4.79 Å². The van der Waals surface area contributed by atoms with Crippen LogP contribution >= 0.6 is 12.4 Å². The van der Waals surface area contributed by atoms with Crippen LogP contribution in [0, 0.1) is 0 Å². The van der Waals surface area contributed by atoms with E-state index in [4.69, 9.17) is 0 Å². The van der Waals surface area contributed by atoms with Crippen LogP contribution in [0.2, 0.25) is 0 Å². The van der Waals surface area contributed by atoms with E-state index in [0.29, 0.717) is 0 Å². The number of hydrogen-bond donors (Lipinski definition) is 1. The van der Waals surface area contributed by atoms with Gasteiger partial charge in [-0.25, -0.2) is 0 Å². The Morgan fingerprint density at radius 2 is 1.78 bits per heavy atom. The summed E-state index contributed by atoms with van der Waals surface area (Å²) in [5.74, 6) is 0.181. The Morgan fingerprint density at radius 3 is 2.33 bits per heavy atom. The van der Waals surface area contributed by atoms with Crippen molar-refractivity contribution in [1.82, 2.24) is 10.2 Å². The summed E-state index contributed by atoms with van der Waals surface area (Å²) in [6, 6.07) is 7.91. The van der Waals surface area contributed by atoms with Crippen molar-refractivity contribution in [1.29, 1.82) is 0 Å². The first kappa shape index (κ1) is 15.0. The van der Waals surface area contributed by atoms with Gasteiger partial charge >= 0.3 is 0 Å². The van der Waals surface area contributed by atoms with E-state index in [2.05, 4.69) is 5.32 Å². The first-order chi connectivity index (χ1) is 8.31. The minimum absolute atomic E-state index is 0. The van der Waals surface area contributed by atoms with Gasteiger partial charge in [0.1, 0.15) is 0 Å². The van der Waals surface area contributed by atoms with Crippen molar-refractivity contribution in [2.45, 2.75) is 25.8 Å². The number of rotatable bonds is 3. The Labute approximate surface area is 115 Å². The van der Waals surface area contributed by atoms with Gasteiger partial charge in [0.25, 0.3) is 5.91 Å². The predicted octanol–water partition coefficient (Wildman–Crippen LogP) is 2.45. The number of halogens is 1. The lowest BCUT2D eigenvalue weighted by molar-refractivity contribution is 0.0724. The molecule has 1 saturated heterocycles. The number of nitrogens with one attached hydrogen (secondary N) is 1. The molecule has 1 aromatic carbocycles. The van der Waals surface area contributed by atoms with E-state index in [1.165, 1.54) is 12.0 Å². The van der Waals surface area contributed by atoms with Gasteiger partial charge in [0.05, 0.1) is 0 Å². The minimum atomic E-state index is 0. The highest BCUT2D eigenvalue weighted by Crippen LogP contribution is 2.13. The van der Waals surface area contributed by atoms with E-state index in [9.17, 15) is 4.79 Å². The fourth-order valence-corrected chi connectivity index (χ4v) is 2.25. The van der Waals surface area contributed by atoms with Crippen molar-refractivity contribution in [3.8, 4) is 0 Å². The third-order valence-corrected chi connectivity index (χ3v) is 3.23. The van der Waals surface area contributed by atoms with Crippen LogP contribution in [0.4, 0.5) is 0 Å². The number of hydrogen-bond acceptors (Lipinski definition) is 2. The zero-order valence-corrected chi connectivity index (χ0v) is 11.6. The van der Waals surface area contributed by atoms with Crippen LogP contribution in [0.5, 0.6) is 0 Å². The average Bonchev–Trinajstić information content (AvgIpc) is 2.40. The molecule has 1 heterocycles. The fourth-order valence-electron chi connectivity index (χ4n) is 2.25. The Morgan fingerprint density at radius 1 is 1.17 bits per heavy atom. The lowest BCUT2D eigenvalue weighted by Crippen LogP contribution is -2.35. The highest BCUT2D eigenvalue weighted by molar-refractivity contribution is 5.94. The Balaban J connectivity index is 0.00000162. The fraction of sp³-hybridized carbons (Fsp3) is 0.500.